The van der Waals surface area contributed by atoms with Gasteiger partial charge in [-0.15, -0.1) is 0 Å². The monoisotopic (exact) mass is 812 g/mol. The normalized spacial score (nSPS) is 15.0. The Bertz CT molecular complexity index is 1820. The van der Waals surface area contributed by atoms with Gasteiger partial charge in [-0.2, -0.15) is 0 Å². The van der Waals surface area contributed by atoms with Gasteiger partial charge in [-0.05, 0) is 146 Å². The first-order valence-electron chi connectivity index (χ1n) is 17.7. The van der Waals surface area contributed by atoms with Gasteiger partial charge in [0.25, 0.3) is 0 Å². The minimum absolute atomic E-state index is 0.181. The molecule has 2 saturated heterocycles. The summed E-state index contributed by atoms with van der Waals surface area (Å²) in [6.45, 7) is 6.93. The van der Waals surface area contributed by atoms with Gasteiger partial charge in [0.2, 0.25) is 11.1 Å². The number of allylic oxidation sites excluding steroid dienone is 1. The molecule has 0 aliphatic carbocycles. The lowest BCUT2D eigenvalue weighted by Crippen LogP contribution is -2.29. The van der Waals surface area contributed by atoms with Crippen LogP contribution in [-0.4, -0.2) is 47.1 Å². The highest BCUT2D eigenvalue weighted by Gasteiger charge is 2.11. The number of halogens is 5. The van der Waals surface area contributed by atoms with E-state index in [2.05, 4.69) is 39.4 Å². The average molecular weight is 815 g/mol. The van der Waals surface area contributed by atoms with Crippen LogP contribution in [0.1, 0.15) is 60.8 Å². The summed E-state index contributed by atoms with van der Waals surface area (Å²) in [7, 11) is 0. The van der Waals surface area contributed by atoms with Crippen LogP contribution < -0.4 is 11.1 Å². The molecule has 0 aromatic heterocycles. The summed E-state index contributed by atoms with van der Waals surface area (Å²) < 4.78 is 0. The topological polar surface area (TPSA) is 78.7 Å². The molecule has 4 aromatic rings. The van der Waals surface area contributed by atoms with Crippen LogP contribution in [0.3, 0.4) is 0 Å². The SMILES string of the molecule is Nc1ccc(CN2CCCCC2)cc1.O=C(/C=C/c1ccc(Cl)c(Cl)c1)Nc1ccc(CN2CCCCC2)cc1.O=C(Cl)/C=C/c1ccc(Cl)c(Cl)c1. The second-order valence-electron chi connectivity index (χ2n) is 12.9. The van der Waals surface area contributed by atoms with E-state index in [1.807, 2.05) is 30.3 Å². The van der Waals surface area contributed by atoms with Gasteiger partial charge in [0, 0.05) is 30.5 Å². The zero-order chi connectivity index (χ0) is 38.0. The minimum atomic E-state index is -0.522. The third-order valence-electron chi connectivity index (χ3n) is 8.63. The van der Waals surface area contributed by atoms with Crippen molar-refractivity contribution in [2.75, 3.05) is 37.2 Å². The Hall–Kier alpha value is -3.33. The fourth-order valence-corrected chi connectivity index (χ4v) is 6.49. The van der Waals surface area contributed by atoms with Crippen LogP contribution in [0.15, 0.2) is 97.1 Å². The quantitative estimate of drug-likeness (QED) is 0.0999. The number of likely N-dealkylation sites (tertiary alicyclic amines) is 2. The second kappa shape index (κ2) is 22.8. The number of hydrogen-bond acceptors (Lipinski definition) is 5. The van der Waals surface area contributed by atoms with Crippen LogP contribution in [0.2, 0.25) is 20.1 Å². The number of amides is 1. The lowest BCUT2D eigenvalue weighted by molar-refractivity contribution is -0.112. The number of hydrogen-bond donors (Lipinski definition) is 2. The number of carbonyl (C=O) groups is 2. The van der Waals surface area contributed by atoms with Crippen molar-refractivity contribution in [3.8, 4) is 0 Å². The molecule has 4 aromatic carbocycles. The van der Waals surface area contributed by atoms with Crippen molar-refractivity contribution >= 4 is 92.7 Å². The summed E-state index contributed by atoms with van der Waals surface area (Å²) >= 11 is 28.4. The molecule has 3 N–H and O–H groups in total. The number of nitrogens with one attached hydrogen (secondary N) is 1. The zero-order valence-corrected chi connectivity index (χ0v) is 33.3. The number of carbonyl (C=O) groups excluding carboxylic acids is 2. The summed E-state index contributed by atoms with van der Waals surface area (Å²) in [5.41, 5.74) is 11.5. The molecule has 11 heteroatoms. The van der Waals surface area contributed by atoms with Crippen LogP contribution >= 0.6 is 58.0 Å². The molecular formula is C42H45Cl5N4O2. The molecule has 2 fully saturated rings. The maximum Gasteiger partial charge on any atom is 0.248 e. The number of nitrogens with two attached hydrogens (primary N) is 1. The number of anilines is 2. The van der Waals surface area contributed by atoms with E-state index in [9.17, 15) is 9.59 Å². The van der Waals surface area contributed by atoms with Gasteiger partial charge < -0.3 is 11.1 Å². The molecule has 0 unspecified atom stereocenters. The summed E-state index contributed by atoms with van der Waals surface area (Å²) in [6.07, 6.45) is 14.1. The van der Waals surface area contributed by atoms with E-state index in [1.54, 1.807) is 42.5 Å². The average Bonchev–Trinajstić information content (AvgIpc) is 3.16. The van der Waals surface area contributed by atoms with Crippen LogP contribution in [0.4, 0.5) is 11.4 Å². The maximum atomic E-state index is 12.1. The molecule has 6 nitrogen and oxygen atoms in total. The van der Waals surface area contributed by atoms with E-state index in [0.717, 1.165) is 35.6 Å². The molecule has 280 valence electrons. The Morgan fingerprint density at radius 2 is 1.02 bits per heavy atom. The number of benzene rings is 4. The molecule has 0 atom stereocenters. The van der Waals surface area contributed by atoms with E-state index in [0.29, 0.717) is 20.1 Å². The minimum Gasteiger partial charge on any atom is -0.399 e. The van der Waals surface area contributed by atoms with Gasteiger partial charge in [0.15, 0.2) is 0 Å². The second-order valence-corrected chi connectivity index (χ2v) is 14.9. The van der Waals surface area contributed by atoms with E-state index < -0.39 is 5.24 Å². The highest BCUT2D eigenvalue weighted by atomic mass is 35.5. The molecule has 0 saturated carbocycles. The Morgan fingerprint density at radius 3 is 1.45 bits per heavy atom. The third-order valence-corrected chi connectivity index (χ3v) is 10.2. The Labute approximate surface area is 338 Å². The Morgan fingerprint density at radius 1 is 0.585 bits per heavy atom. The van der Waals surface area contributed by atoms with E-state index in [-0.39, 0.29) is 5.91 Å². The molecule has 2 aliphatic heterocycles. The third kappa shape index (κ3) is 16.3. The number of piperidine rings is 2. The molecular weight excluding hydrogens is 770 g/mol. The van der Waals surface area contributed by atoms with Crippen molar-refractivity contribution < 1.29 is 9.59 Å². The van der Waals surface area contributed by atoms with Crippen molar-refractivity contribution in [1.29, 1.82) is 0 Å². The molecule has 1 amide bonds. The van der Waals surface area contributed by atoms with Crippen molar-refractivity contribution in [3.05, 3.63) is 139 Å². The maximum absolute atomic E-state index is 12.1. The predicted octanol–water partition coefficient (Wildman–Crippen LogP) is 11.7. The number of nitrogens with zero attached hydrogens (tertiary/aromatic N) is 2. The van der Waals surface area contributed by atoms with E-state index >= 15 is 0 Å². The molecule has 0 radical (unpaired) electrons. The summed E-state index contributed by atoms with van der Waals surface area (Å²) in [5, 5.41) is 4.25. The van der Waals surface area contributed by atoms with Crippen molar-refractivity contribution in [3.63, 3.8) is 0 Å². The van der Waals surface area contributed by atoms with Gasteiger partial charge in [0.1, 0.15) is 0 Å². The first kappa shape index (κ1) is 42.4. The fourth-order valence-electron chi connectivity index (χ4n) is 5.82. The molecule has 2 aliphatic rings. The first-order valence-corrected chi connectivity index (χ1v) is 19.6. The van der Waals surface area contributed by atoms with Gasteiger partial charge in [0.05, 0.1) is 20.1 Å². The van der Waals surface area contributed by atoms with Gasteiger partial charge in [-0.3, -0.25) is 19.4 Å². The summed E-state index contributed by atoms with van der Waals surface area (Å²) in [4.78, 5) is 27.5. The largest absolute Gasteiger partial charge is 0.399 e. The highest BCUT2D eigenvalue weighted by Crippen LogP contribution is 2.24. The van der Waals surface area contributed by atoms with Crippen molar-refractivity contribution in [2.45, 2.75) is 51.6 Å². The fraction of sp³-hybridized carbons (Fsp3) is 0.286. The van der Waals surface area contributed by atoms with Crippen LogP contribution in [0.25, 0.3) is 12.2 Å². The van der Waals surface area contributed by atoms with Crippen LogP contribution in [-0.2, 0) is 22.7 Å². The molecule has 53 heavy (non-hydrogen) atoms. The Balaban J connectivity index is 0.000000196. The molecule has 2 heterocycles. The molecule has 0 bridgehead atoms. The van der Waals surface area contributed by atoms with Gasteiger partial charge in [-0.25, -0.2) is 0 Å². The lowest BCUT2D eigenvalue weighted by Gasteiger charge is -2.26. The Kier molecular flexibility index (Phi) is 18.2. The molecule has 6 rings (SSSR count). The predicted molar refractivity (Wildman–Crippen MR) is 226 cm³/mol. The highest BCUT2D eigenvalue weighted by molar-refractivity contribution is 6.66. The van der Waals surface area contributed by atoms with Crippen molar-refractivity contribution in [1.82, 2.24) is 9.80 Å². The van der Waals surface area contributed by atoms with Gasteiger partial charge >= 0.3 is 0 Å². The van der Waals surface area contributed by atoms with Crippen LogP contribution in [0.5, 0.6) is 0 Å². The summed E-state index contributed by atoms with van der Waals surface area (Å²) in [5.74, 6) is -0.181. The van der Waals surface area contributed by atoms with Crippen LogP contribution in [0, 0.1) is 0 Å². The zero-order valence-electron chi connectivity index (χ0n) is 29.6. The number of rotatable bonds is 9. The van der Waals surface area contributed by atoms with E-state index in [1.165, 1.54) is 88.0 Å². The standard InChI is InChI=1S/C21H22Cl2N2O.C12H18N2.C9H5Cl3O/c22-19-10-6-16(14-20(19)23)7-11-21(26)24-18-8-4-17(5-9-18)15-25-12-2-1-3-13-25;13-12-6-4-11(5-7-12)10-14-8-2-1-3-9-14;10-7-3-1-6(5-8(7)11)2-4-9(12)13/h4-11,14H,1-3,12-13,15H2,(H,24,26);4-7H,1-3,8-10,13H2;1-5H/b11-7+;;4-2+. The molecule has 0 spiro atoms. The first-order chi connectivity index (χ1) is 25.5. The van der Waals surface area contributed by atoms with Gasteiger partial charge in [-0.1, -0.05) is 102 Å². The number of nitrogen functional groups attached to an aromatic ring is 1. The van der Waals surface area contributed by atoms with E-state index in [4.69, 9.17) is 63.7 Å². The van der Waals surface area contributed by atoms with Crippen molar-refractivity contribution in [2.24, 2.45) is 0 Å². The smallest absolute Gasteiger partial charge is 0.248 e. The lowest BCUT2D eigenvalue weighted by atomic mass is 10.1. The summed E-state index contributed by atoms with van der Waals surface area (Å²) in [6, 6.07) is 26.6.